The van der Waals surface area contributed by atoms with Crippen LogP contribution in [0, 0.1) is 23.7 Å². The number of aryl methyl sites for hydroxylation is 1. The Kier molecular flexibility index (Phi) is 3.43. The van der Waals surface area contributed by atoms with Gasteiger partial charge in [0.15, 0.2) is 0 Å². The number of anilines is 1. The van der Waals surface area contributed by atoms with Crippen molar-refractivity contribution in [2.45, 2.75) is 20.3 Å². The molecule has 1 aromatic heterocycles. The largest absolute Gasteiger partial charge is 0.359 e. The lowest BCUT2D eigenvalue weighted by Crippen LogP contribution is -2.39. The number of carbonyl (C=O) groups is 1. The number of amides is 1. The molecule has 1 unspecified atom stereocenters. The lowest BCUT2D eigenvalue weighted by Gasteiger charge is -2.23. The topological polar surface area (TPSA) is 69.0 Å². The average Bonchev–Trinajstić information content (AvgIpc) is 2.81. The molecule has 0 aromatic carbocycles. The standard InChI is InChI=1S/C14H18N4O/c1-10-6-11(8-15)7-12(17-10)18-5-4-14(2,9-18)13(19)16-3/h6-7H,4-5,9H2,1-3H3,(H,16,19). The highest BCUT2D eigenvalue weighted by molar-refractivity contribution is 5.83. The Hall–Kier alpha value is -2.09. The van der Waals surface area contributed by atoms with Gasteiger partial charge in [-0.25, -0.2) is 4.98 Å². The predicted octanol–water partition coefficient (Wildman–Crippen LogP) is 1.22. The molecule has 19 heavy (non-hydrogen) atoms. The number of carbonyl (C=O) groups excluding carboxylic acids is 1. The molecule has 0 aliphatic carbocycles. The minimum Gasteiger partial charge on any atom is -0.359 e. The summed E-state index contributed by atoms with van der Waals surface area (Å²) in [6, 6.07) is 5.68. The van der Waals surface area contributed by atoms with Crippen molar-refractivity contribution in [1.82, 2.24) is 10.3 Å². The highest BCUT2D eigenvalue weighted by atomic mass is 16.2. The molecule has 1 aliphatic heterocycles. The van der Waals surface area contributed by atoms with Crippen LogP contribution in [0.2, 0.25) is 0 Å². The fraction of sp³-hybridized carbons (Fsp3) is 0.500. The van der Waals surface area contributed by atoms with Gasteiger partial charge in [-0.15, -0.1) is 0 Å². The Bertz CT molecular complexity index is 549. The molecule has 0 saturated carbocycles. The van der Waals surface area contributed by atoms with Gasteiger partial charge in [-0.2, -0.15) is 5.26 Å². The molecule has 0 spiro atoms. The van der Waals surface area contributed by atoms with Crippen molar-refractivity contribution >= 4 is 11.7 Å². The summed E-state index contributed by atoms with van der Waals surface area (Å²) in [5.74, 6) is 0.840. The molecule has 0 bridgehead atoms. The summed E-state index contributed by atoms with van der Waals surface area (Å²) in [5.41, 5.74) is 1.05. The van der Waals surface area contributed by atoms with E-state index in [9.17, 15) is 4.79 Å². The minimum absolute atomic E-state index is 0.0585. The van der Waals surface area contributed by atoms with Gasteiger partial charge in [-0.05, 0) is 32.4 Å². The first-order valence-electron chi connectivity index (χ1n) is 6.34. The van der Waals surface area contributed by atoms with E-state index in [2.05, 4.69) is 21.3 Å². The number of hydrogen-bond acceptors (Lipinski definition) is 4. The van der Waals surface area contributed by atoms with Crippen LogP contribution in [-0.2, 0) is 4.79 Å². The first-order valence-corrected chi connectivity index (χ1v) is 6.34. The van der Waals surface area contributed by atoms with E-state index in [0.717, 1.165) is 24.5 Å². The van der Waals surface area contributed by atoms with E-state index < -0.39 is 0 Å². The number of rotatable bonds is 2. The summed E-state index contributed by atoms with van der Waals surface area (Å²) in [6.07, 6.45) is 0.796. The normalized spacial score (nSPS) is 22.1. The fourth-order valence-electron chi connectivity index (χ4n) is 2.52. The van der Waals surface area contributed by atoms with E-state index in [4.69, 9.17) is 5.26 Å². The number of nitriles is 1. The lowest BCUT2D eigenvalue weighted by atomic mass is 9.89. The summed E-state index contributed by atoms with van der Waals surface area (Å²) in [4.78, 5) is 18.4. The van der Waals surface area contributed by atoms with Crippen LogP contribution in [0.5, 0.6) is 0 Å². The molecule has 1 saturated heterocycles. The summed E-state index contributed by atoms with van der Waals surface area (Å²) in [7, 11) is 1.66. The van der Waals surface area contributed by atoms with E-state index in [1.54, 1.807) is 19.2 Å². The molecule has 2 rings (SSSR count). The number of aromatic nitrogens is 1. The Morgan fingerprint density at radius 1 is 1.58 bits per heavy atom. The lowest BCUT2D eigenvalue weighted by molar-refractivity contribution is -0.128. The van der Waals surface area contributed by atoms with Gasteiger partial charge in [-0.3, -0.25) is 4.79 Å². The zero-order chi connectivity index (χ0) is 14.0. The monoisotopic (exact) mass is 258 g/mol. The molecule has 1 aromatic rings. The van der Waals surface area contributed by atoms with Crippen LogP contribution in [-0.4, -0.2) is 31.0 Å². The van der Waals surface area contributed by atoms with Gasteiger partial charge in [-0.1, -0.05) is 0 Å². The second-order valence-electron chi connectivity index (χ2n) is 5.28. The third-order valence-corrected chi connectivity index (χ3v) is 3.64. The highest BCUT2D eigenvalue weighted by Crippen LogP contribution is 2.32. The summed E-state index contributed by atoms with van der Waals surface area (Å²) >= 11 is 0. The number of pyridine rings is 1. The van der Waals surface area contributed by atoms with E-state index in [1.807, 2.05) is 13.8 Å². The minimum atomic E-state index is -0.382. The molecule has 5 nitrogen and oxygen atoms in total. The third-order valence-electron chi connectivity index (χ3n) is 3.64. The molecule has 1 amide bonds. The van der Waals surface area contributed by atoms with Gasteiger partial charge in [0.2, 0.25) is 5.91 Å². The summed E-state index contributed by atoms with van der Waals surface area (Å²) in [6.45, 7) is 5.25. The molecular weight excluding hydrogens is 240 g/mol. The van der Waals surface area contributed by atoms with Crippen molar-refractivity contribution in [2.24, 2.45) is 5.41 Å². The first-order chi connectivity index (χ1) is 8.98. The van der Waals surface area contributed by atoms with Crippen molar-refractivity contribution in [1.29, 1.82) is 5.26 Å². The summed E-state index contributed by atoms with van der Waals surface area (Å²) in [5, 5.41) is 11.7. The van der Waals surface area contributed by atoms with Crippen LogP contribution < -0.4 is 10.2 Å². The fourth-order valence-corrected chi connectivity index (χ4v) is 2.52. The quantitative estimate of drug-likeness (QED) is 0.866. The second kappa shape index (κ2) is 4.88. The maximum atomic E-state index is 11.9. The third kappa shape index (κ3) is 2.53. The SMILES string of the molecule is CNC(=O)C1(C)CCN(c2cc(C#N)cc(C)n2)C1. The molecule has 1 fully saturated rings. The molecule has 5 heteroatoms. The number of nitrogens with zero attached hydrogens (tertiary/aromatic N) is 3. The van der Waals surface area contributed by atoms with Gasteiger partial charge in [0.25, 0.3) is 0 Å². The molecule has 1 N–H and O–H groups in total. The van der Waals surface area contributed by atoms with Crippen molar-refractivity contribution in [3.8, 4) is 6.07 Å². The van der Waals surface area contributed by atoms with E-state index in [0.29, 0.717) is 12.1 Å². The molecular formula is C14H18N4O. The smallest absolute Gasteiger partial charge is 0.227 e. The molecule has 100 valence electrons. The summed E-state index contributed by atoms with van der Waals surface area (Å²) < 4.78 is 0. The van der Waals surface area contributed by atoms with Crippen LogP contribution in [0.4, 0.5) is 5.82 Å². The van der Waals surface area contributed by atoms with Gasteiger partial charge in [0, 0.05) is 25.8 Å². The zero-order valence-electron chi connectivity index (χ0n) is 11.5. The van der Waals surface area contributed by atoms with Crippen molar-refractivity contribution in [2.75, 3.05) is 25.0 Å². The maximum Gasteiger partial charge on any atom is 0.227 e. The Balaban J connectivity index is 2.24. The number of nitrogens with one attached hydrogen (secondary N) is 1. The van der Waals surface area contributed by atoms with Gasteiger partial charge in [0.1, 0.15) is 5.82 Å². The zero-order valence-corrected chi connectivity index (χ0v) is 11.5. The molecule has 2 heterocycles. The van der Waals surface area contributed by atoms with Crippen LogP contribution in [0.1, 0.15) is 24.6 Å². The van der Waals surface area contributed by atoms with Gasteiger partial charge < -0.3 is 10.2 Å². The van der Waals surface area contributed by atoms with E-state index in [1.165, 1.54) is 0 Å². The average molecular weight is 258 g/mol. The maximum absolute atomic E-state index is 11.9. The molecule has 1 aliphatic rings. The second-order valence-corrected chi connectivity index (χ2v) is 5.28. The van der Waals surface area contributed by atoms with Crippen LogP contribution in [0.25, 0.3) is 0 Å². The first kappa shape index (κ1) is 13.3. The molecule has 0 radical (unpaired) electrons. The number of hydrogen-bond donors (Lipinski definition) is 1. The Morgan fingerprint density at radius 2 is 2.32 bits per heavy atom. The highest BCUT2D eigenvalue weighted by Gasteiger charge is 2.40. The predicted molar refractivity (Wildman–Crippen MR) is 72.7 cm³/mol. The Morgan fingerprint density at radius 3 is 2.95 bits per heavy atom. The Labute approximate surface area is 113 Å². The van der Waals surface area contributed by atoms with Crippen LogP contribution >= 0.6 is 0 Å². The van der Waals surface area contributed by atoms with Crippen molar-refractivity contribution < 1.29 is 4.79 Å². The van der Waals surface area contributed by atoms with Crippen LogP contribution in [0.3, 0.4) is 0 Å². The van der Waals surface area contributed by atoms with Crippen molar-refractivity contribution in [3.05, 3.63) is 23.4 Å². The molecule has 1 atom stereocenters. The van der Waals surface area contributed by atoms with Crippen molar-refractivity contribution in [3.63, 3.8) is 0 Å². The van der Waals surface area contributed by atoms with Crippen LogP contribution in [0.15, 0.2) is 12.1 Å². The van der Waals surface area contributed by atoms with Gasteiger partial charge in [0.05, 0.1) is 17.0 Å². The van der Waals surface area contributed by atoms with E-state index >= 15 is 0 Å². The van der Waals surface area contributed by atoms with E-state index in [-0.39, 0.29) is 11.3 Å². The van der Waals surface area contributed by atoms with Gasteiger partial charge >= 0.3 is 0 Å².